The van der Waals surface area contributed by atoms with E-state index < -0.39 is 0 Å². The maximum atomic E-state index is 12.8. The van der Waals surface area contributed by atoms with E-state index in [0.717, 1.165) is 35.6 Å². The van der Waals surface area contributed by atoms with Gasteiger partial charge in [-0.1, -0.05) is 50.6 Å². The average molecular weight is 415 g/mol. The number of nitrogens with one attached hydrogen (secondary N) is 2. The molecule has 1 heterocycles. The van der Waals surface area contributed by atoms with E-state index in [0.29, 0.717) is 23.1 Å². The molecular formula is C25H26N4O2. The van der Waals surface area contributed by atoms with Gasteiger partial charge in [-0.25, -0.2) is 9.97 Å². The third kappa shape index (κ3) is 4.79. The average Bonchev–Trinajstić information content (AvgIpc) is 2.79. The van der Waals surface area contributed by atoms with Crippen molar-refractivity contribution in [1.82, 2.24) is 15.3 Å². The van der Waals surface area contributed by atoms with Crippen LogP contribution in [0, 0.1) is 5.92 Å². The van der Waals surface area contributed by atoms with Crippen LogP contribution in [0.4, 0.5) is 5.69 Å². The van der Waals surface area contributed by atoms with E-state index in [1.54, 1.807) is 12.3 Å². The number of anilines is 1. The summed E-state index contributed by atoms with van der Waals surface area (Å²) in [5.74, 6) is 0.664. The van der Waals surface area contributed by atoms with Crippen LogP contribution < -0.4 is 10.6 Å². The van der Waals surface area contributed by atoms with Crippen LogP contribution in [0.5, 0.6) is 0 Å². The van der Waals surface area contributed by atoms with Gasteiger partial charge in [-0.15, -0.1) is 0 Å². The summed E-state index contributed by atoms with van der Waals surface area (Å²) in [6.07, 6.45) is 7.23. The van der Waals surface area contributed by atoms with Crippen molar-refractivity contribution in [3.05, 3.63) is 67.0 Å². The Labute approximate surface area is 181 Å². The van der Waals surface area contributed by atoms with Gasteiger partial charge in [0.25, 0.3) is 5.91 Å². The van der Waals surface area contributed by atoms with Crippen LogP contribution in [0.15, 0.2) is 61.3 Å². The Morgan fingerprint density at radius 3 is 2.84 bits per heavy atom. The molecule has 6 nitrogen and oxygen atoms in total. The van der Waals surface area contributed by atoms with Gasteiger partial charge >= 0.3 is 0 Å². The second-order valence-corrected chi connectivity index (χ2v) is 8.14. The number of carbonyl (C=O) groups is 2. The van der Waals surface area contributed by atoms with Crippen LogP contribution in [-0.4, -0.2) is 27.8 Å². The minimum atomic E-state index is -0.273. The third-order valence-corrected chi connectivity index (χ3v) is 5.74. The lowest BCUT2D eigenvalue weighted by Crippen LogP contribution is -2.38. The fourth-order valence-electron chi connectivity index (χ4n) is 4.15. The normalized spacial score (nSPS) is 18.4. The summed E-state index contributed by atoms with van der Waals surface area (Å²) in [4.78, 5) is 33.4. The quantitative estimate of drug-likeness (QED) is 0.591. The maximum Gasteiger partial charge on any atom is 0.270 e. The molecule has 1 aromatic heterocycles. The van der Waals surface area contributed by atoms with Crippen LogP contribution in [-0.2, 0) is 4.79 Å². The zero-order chi connectivity index (χ0) is 21.8. The number of hydrogen-bond acceptors (Lipinski definition) is 4. The Bertz CT molecular complexity index is 1140. The number of fused-ring (bicyclic) bond motifs is 1. The number of rotatable bonds is 5. The molecule has 2 aromatic carbocycles. The highest BCUT2D eigenvalue weighted by molar-refractivity contribution is 6.06. The first kappa shape index (κ1) is 20.7. The van der Waals surface area contributed by atoms with Crippen molar-refractivity contribution in [2.45, 2.75) is 38.6 Å². The highest BCUT2D eigenvalue weighted by Gasteiger charge is 2.21. The van der Waals surface area contributed by atoms with Crippen LogP contribution in [0.3, 0.4) is 0 Å². The zero-order valence-electron chi connectivity index (χ0n) is 17.6. The molecule has 2 amide bonds. The molecule has 1 aliphatic rings. The van der Waals surface area contributed by atoms with E-state index in [2.05, 4.69) is 34.1 Å². The van der Waals surface area contributed by atoms with Crippen LogP contribution >= 0.6 is 0 Å². The number of amides is 2. The summed E-state index contributed by atoms with van der Waals surface area (Å²) in [7, 11) is 0. The largest absolute Gasteiger partial charge is 0.348 e. The molecule has 31 heavy (non-hydrogen) atoms. The molecule has 3 aromatic rings. The van der Waals surface area contributed by atoms with Gasteiger partial charge in [0.2, 0.25) is 5.91 Å². The molecule has 4 rings (SSSR count). The van der Waals surface area contributed by atoms with E-state index >= 15 is 0 Å². The van der Waals surface area contributed by atoms with Crippen LogP contribution in [0.1, 0.15) is 43.1 Å². The predicted molar refractivity (Wildman–Crippen MR) is 123 cm³/mol. The number of aromatic nitrogens is 2. The molecule has 0 bridgehead atoms. The Morgan fingerprint density at radius 1 is 1.16 bits per heavy atom. The van der Waals surface area contributed by atoms with Gasteiger partial charge in [0, 0.05) is 28.9 Å². The molecule has 1 aliphatic carbocycles. The van der Waals surface area contributed by atoms with Gasteiger partial charge < -0.3 is 10.6 Å². The first-order chi connectivity index (χ1) is 15.0. The second kappa shape index (κ2) is 9.08. The Hall–Kier alpha value is -3.54. The maximum absolute atomic E-state index is 12.8. The monoisotopic (exact) mass is 414 g/mol. The van der Waals surface area contributed by atoms with Gasteiger partial charge in [0.05, 0.1) is 0 Å². The van der Waals surface area contributed by atoms with E-state index in [1.165, 1.54) is 12.5 Å². The van der Waals surface area contributed by atoms with Crippen molar-refractivity contribution in [2.75, 3.05) is 5.32 Å². The third-order valence-electron chi connectivity index (χ3n) is 5.74. The number of benzene rings is 2. The molecule has 1 saturated carbocycles. The van der Waals surface area contributed by atoms with Crippen molar-refractivity contribution in [1.29, 1.82) is 0 Å². The molecule has 2 atom stereocenters. The van der Waals surface area contributed by atoms with Gasteiger partial charge in [-0.2, -0.15) is 0 Å². The summed E-state index contributed by atoms with van der Waals surface area (Å²) >= 11 is 0. The van der Waals surface area contributed by atoms with Crippen LogP contribution in [0.2, 0.25) is 0 Å². The minimum absolute atomic E-state index is 0.164. The van der Waals surface area contributed by atoms with Gasteiger partial charge in [-0.05, 0) is 48.4 Å². The standard InChI is InChI=1S/C25H26N4O2/c1-3-23(30)28-21-9-5-7-17-10-11-18(15-20(17)21)24-26-13-12-22(29-24)25(31)27-19-8-4-6-16(2)14-19/h3,5,7,9-13,15-16,19H,1,4,6,8,14H2,2H3,(H,27,31)(H,28,30)/t16-,19-/m1/s1. The SMILES string of the molecule is C=CC(=O)Nc1cccc2ccc(-c3nccc(C(=O)N[C@@H]4CCC[C@@H](C)C4)n3)cc12. The molecule has 0 aliphatic heterocycles. The van der Waals surface area contributed by atoms with Crippen molar-refractivity contribution >= 4 is 28.3 Å². The van der Waals surface area contributed by atoms with Crippen molar-refractivity contribution in [3.8, 4) is 11.4 Å². The van der Waals surface area contributed by atoms with Crippen molar-refractivity contribution in [2.24, 2.45) is 5.92 Å². The lowest BCUT2D eigenvalue weighted by Gasteiger charge is -2.27. The van der Waals surface area contributed by atoms with Crippen LogP contribution in [0.25, 0.3) is 22.2 Å². The highest BCUT2D eigenvalue weighted by Crippen LogP contribution is 2.28. The number of nitrogens with zero attached hydrogens (tertiary/aromatic N) is 2. The lowest BCUT2D eigenvalue weighted by atomic mass is 9.87. The molecule has 158 valence electrons. The number of carbonyl (C=O) groups excluding carboxylic acids is 2. The van der Waals surface area contributed by atoms with Crippen molar-refractivity contribution < 1.29 is 9.59 Å². The molecule has 0 saturated heterocycles. The zero-order valence-corrected chi connectivity index (χ0v) is 17.6. The molecule has 0 spiro atoms. The summed E-state index contributed by atoms with van der Waals surface area (Å²) < 4.78 is 0. The molecule has 0 radical (unpaired) electrons. The molecule has 6 heteroatoms. The van der Waals surface area contributed by atoms with Gasteiger partial charge in [0.15, 0.2) is 5.82 Å². The van der Waals surface area contributed by atoms with E-state index in [9.17, 15) is 9.59 Å². The minimum Gasteiger partial charge on any atom is -0.348 e. The summed E-state index contributed by atoms with van der Waals surface area (Å²) in [6, 6.07) is 13.3. The Morgan fingerprint density at radius 2 is 2.03 bits per heavy atom. The fraction of sp³-hybridized carbons (Fsp3) is 0.280. The summed E-state index contributed by atoms with van der Waals surface area (Å²) in [6.45, 7) is 5.73. The molecule has 2 N–H and O–H groups in total. The first-order valence-corrected chi connectivity index (χ1v) is 10.6. The fourth-order valence-corrected chi connectivity index (χ4v) is 4.15. The number of hydrogen-bond donors (Lipinski definition) is 2. The van der Waals surface area contributed by atoms with Gasteiger partial charge in [-0.3, -0.25) is 9.59 Å². The summed E-state index contributed by atoms with van der Waals surface area (Å²) in [5, 5.41) is 7.80. The van der Waals surface area contributed by atoms with E-state index in [-0.39, 0.29) is 17.9 Å². The summed E-state index contributed by atoms with van der Waals surface area (Å²) in [5.41, 5.74) is 1.81. The second-order valence-electron chi connectivity index (χ2n) is 8.14. The lowest BCUT2D eigenvalue weighted by molar-refractivity contribution is -0.111. The molecule has 0 unspecified atom stereocenters. The Balaban J connectivity index is 1.61. The first-order valence-electron chi connectivity index (χ1n) is 10.6. The van der Waals surface area contributed by atoms with Gasteiger partial charge in [0.1, 0.15) is 5.69 Å². The Kier molecular flexibility index (Phi) is 6.07. The van der Waals surface area contributed by atoms with Crippen molar-refractivity contribution in [3.63, 3.8) is 0 Å². The molecule has 1 fully saturated rings. The van der Waals surface area contributed by atoms with E-state index in [1.807, 2.05) is 36.4 Å². The molecular weight excluding hydrogens is 388 g/mol. The smallest absolute Gasteiger partial charge is 0.270 e. The van der Waals surface area contributed by atoms with E-state index in [4.69, 9.17) is 0 Å². The highest BCUT2D eigenvalue weighted by atomic mass is 16.2. The topological polar surface area (TPSA) is 84.0 Å². The predicted octanol–water partition coefficient (Wildman–Crippen LogP) is 4.73.